The van der Waals surface area contributed by atoms with E-state index in [1.807, 2.05) is 22.6 Å². The van der Waals surface area contributed by atoms with Crippen LogP contribution in [-0.4, -0.2) is 63.2 Å². The monoisotopic (exact) mass is 675 g/mol. The summed E-state index contributed by atoms with van der Waals surface area (Å²) < 4.78 is 29.7. The zero-order valence-electron chi connectivity index (χ0n) is 19.0. The van der Waals surface area contributed by atoms with E-state index in [9.17, 15) is 23.8 Å². The molecular weight excluding hydrogens is 651 g/mol. The van der Waals surface area contributed by atoms with Crippen LogP contribution in [0.3, 0.4) is 0 Å². The molecule has 1 saturated heterocycles. The molecule has 1 aliphatic rings. The van der Waals surface area contributed by atoms with Crippen LogP contribution in [-0.2, 0) is 20.3 Å². The van der Waals surface area contributed by atoms with Gasteiger partial charge in [0.25, 0.3) is 10.6 Å². The summed E-state index contributed by atoms with van der Waals surface area (Å²) in [5.41, 5.74) is 7.97. The third-order valence-corrected chi connectivity index (χ3v) is 9.72. The highest BCUT2D eigenvalue weighted by Crippen LogP contribution is 2.68. The number of azide groups is 1. The second kappa shape index (κ2) is 12.3. The maximum absolute atomic E-state index is 11.7. The Bertz CT molecular complexity index is 1360. The fourth-order valence-electron chi connectivity index (χ4n) is 3.33. The molecule has 0 bridgehead atoms. The average Bonchev–Trinajstić information content (AvgIpc) is 3.18. The van der Waals surface area contributed by atoms with Crippen molar-refractivity contribution in [3.63, 3.8) is 0 Å². The smallest absolute Gasteiger partial charge is 0.369 e. The van der Waals surface area contributed by atoms with Crippen LogP contribution in [0.15, 0.2) is 45.2 Å². The molecule has 3 rings (SSSR count). The Morgan fingerprint density at radius 1 is 1.27 bits per heavy atom. The molecule has 0 aliphatic carbocycles. The quantitative estimate of drug-likeness (QED) is 0.0704. The highest BCUT2D eigenvalue weighted by atomic mass is 127. The van der Waals surface area contributed by atoms with E-state index in [0.29, 0.717) is 9.13 Å². The molecule has 37 heavy (non-hydrogen) atoms. The second-order valence-electron chi connectivity index (χ2n) is 7.97. The first kappa shape index (κ1) is 31.3. The topological polar surface area (TPSA) is 268 Å². The van der Waals surface area contributed by atoms with Crippen LogP contribution < -0.4 is 11.2 Å². The number of aromatic amines is 1. The Balaban J connectivity index is 0.000000261. The number of nitrogens with one attached hydrogen (secondary N) is 1. The van der Waals surface area contributed by atoms with Crippen molar-refractivity contribution in [2.45, 2.75) is 43.2 Å². The number of benzene rings is 1. The molecule has 3 atom stereocenters. The van der Waals surface area contributed by atoms with Gasteiger partial charge in [-0.05, 0) is 52.7 Å². The third-order valence-electron chi connectivity index (χ3n) is 5.30. The number of aliphatic hydroxyl groups is 2. The number of halogens is 1. The van der Waals surface area contributed by atoms with Gasteiger partial charge in [0, 0.05) is 33.1 Å². The maximum Gasteiger partial charge on any atom is 0.369 e. The molecule has 1 fully saturated rings. The number of aliphatic hydroxyl groups excluding tert-OH is 1. The molecular formula is C18H24IN5O11P2. The lowest BCUT2D eigenvalue weighted by molar-refractivity contribution is -0.0271. The van der Waals surface area contributed by atoms with E-state index < -0.39 is 56.3 Å². The van der Waals surface area contributed by atoms with Gasteiger partial charge in [-0.3, -0.25) is 23.5 Å². The van der Waals surface area contributed by atoms with Crippen LogP contribution in [0.1, 0.15) is 23.8 Å². The summed E-state index contributed by atoms with van der Waals surface area (Å²) in [6, 6.07) is 5.59. The second-order valence-corrected chi connectivity index (χ2v) is 13.2. The van der Waals surface area contributed by atoms with Gasteiger partial charge in [-0.1, -0.05) is 17.2 Å². The minimum atomic E-state index is -5.40. The first-order valence-electron chi connectivity index (χ1n) is 10.2. The van der Waals surface area contributed by atoms with Crippen molar-refractivity contribution >= 4 is 37.8 Å². The number of hydrogen-bond acceptors (Lipinski definition) is 8. The number of H-pyrrole nitrogens is 1. The molecule has 0 saturated carbocycles. The summed E-state index contributed by atoms with van der Waals surface area (Å²) in [4.78, 5) is 63.7. The van der Waals surface area contributed by atoms with Gasteiger partial charge in [0.2, 0.25) is 0 Å². The van der Waals surface area contributed by atoms with Crippen LogP contribution >= 0.6 is 37.8 Å². The summed E-state index contributed by atoms with van der Waals surface area (Å²) in [5, 5.41) is 19.0. The predicted octanol–water partition coefficient (Wildman–Crippen LogP) is 0.639. The van der Waals surface area contributed by atoms with Crippen molar-refractivity contribution in [1.29, 1.82) is 0 Å². The van der Waals surface area contributed by atoms with Gasteiger partial charge < -0.3 is 34.5 Å². The van der Waals surface area contributed by atoms with E-state index in [4.69, 9.17) is 34.9 Å². The Kier molecular flexibility index (Phi) is 10.4. The number of aromatic nitrogens is 2. The Labute approximate surface area is 222 Å². The molecule has 19 heteroatoms. The molecule has 1 aliphatic heterocycles. The van der Waals surface area contributed by atoms with E-state index in [2.05, 4.69) is 15.0 Å². The summed E-state index contributed by atoms with van der Waals surface area (Å²) in [7, 11) is -10.8. The Morgan fingerprint density at radius 3 is 2.41 bits per heavy atom. The van der Waals surface area contributed by atoms with Gasteiger partial charge in [0.1, 0.15) is 6.23 Å². The molecule has 0 spiro atoms. The van der Waals surface area contributed by atoms with Crippen molar-refractivity contribution in [1.82, 2.24) is 9.55 Å². The van der Waals surface area contributed by atoms with Gasteiger partial charge in [-0.25, -0.2) is 4.79 Å². The predicted molar refractivity (Wildman–Crippen MR) is 137 cm³/mol. The Hall–Kier alpha value is -1.88. The molecule has 2 aromatic rings. The van der Waals surface area contributed by atoms with Crippen LogP contribution in [0.5, 0.6) is 0 Å². The fraction of sp³-hybridized carbons (Fsp3) is 0.444. The first-order valence-corrected chi connectivity index (χ1v) is 14.5. The van der Waals surface area contributed by atoms with E-state index in [1.54, 1.807) is 19.1 Å². The van der Waals surface area contributed by atoms with Crippen molar-refractivity contribution in [2.24, 2.45) is 5.11 Å². The minimum absolute atomic E-state index is 0.219. The van der Waals surface area contributed by atoms with Crippen molar-refractivity contribution < 1.29 is 43.7 Å². The normalized spacial score (nSPS) is 20.1. The largest absolute Gasteiger partial charge is 0.394 e. The number of aryl methyl sites for hydroxylation is 1. The number of nitrogens with zero attached hydrogens (tertiary/aromatic N) is 4. The summed E-state index contributed by atoms with van der Waals surface area (Å²) in [5.74, 6) is 0. The molecule has 7 N–H and O–H groups in total. The summed E-state index contributed by atoms with van der Waals surface area (Å²) >= 11 is 1.93. The van der Waals surface area contributed by atoms with Gasteiger partial charge in [-0.2, -0.15) is 0 Å². The SMILES string of the molecule is Cc1cn([C@H]2C[C@H](N=[N+]=[N-])[C@@H](CO)O2)c(=O)[nH]c1=O.O=P(O)(O)C(O)(Cc1cccc(I)c1)P(=O)(O)O. The fourth-order valence-corrected chi connectivity index (χ4v) is 6.08. The van der Waals surface area contributed by atoms with Crippen LogP contribution in [0.2, 0.25) is 0 Å². The van der Waals surface area contributed by atoms with Crippen molar-refractivity contribution in [3.05, 3.63) is 76.4 Å². The zero-order valence-corrected chi connectivity index (χ0v) is 23.0. The van der Waals surface area contributed by atoms with Crippen LogP contribution in [0.25, 0.3) is 10.4 Å². The third kappa shape index (κ3) is 7.59. The average molecular weight is 675 g/mol. The highest BCUT2D eigenvalue weighted by Gasteiger charge is 2.59. The molecule has 0 radical (unpaired) electrons. The van der Waals surface area contributed by atoms with E-state index in [1.165, 1.54) is 22.9 Å². The summed E-state index contributed by atoms with van der Waals surface area (Å²) in [6.45, 7) is 1.26. The zero-order chi connectivity index (χ0) is 28.2. The standard InChI is InChI=1S/C10H13N5O4.C8H11IO7P2/c1-5-3-15(10(18)12-9(5)17)8-2-6(13-14-11)7(4-16)19-8;9-7-3-1-2-6(4-7)5-8(10,17(11,12)13)18(14,15)16/h3,6-8,16H,2,4H2,1H3,(H,12,17,18);1-4,10H,5H2,(H2,11,12,13)(H2,14,15,16)/t6-,7+,8+;/m0./s1. The lowest BCUT2D eigenvalue weighted by atomic mass is 10.1. The highest BCUT2D eigenvalue weighted by molar-refractivity contribution is 14.1. The molecule has 1 aromatic carbocycles. The van der Waals surface area contributed by atoms with Gasteiger partial charge in [0.05, 0.1) is 18.8 Å². The van der Waals surface area contributed by atoms with Gasteiger partial charge >= 0.3 is 20.9 Å². The van der Waals surface area contributed by atoms with E-state index in [0.717, 1.165) is 0 Å². The van der Waals surface area contributed by atoms with Crippen LogP contribution in [0.4, 0.5) is 0 Å². The van der Waals surface area contributed by atoms with Gasteiger partial charge in [-0.15, -0.1) is 0 Å². The van der Waals surface area contributed by atoms with E-state index >= 15 is 0 Å². The Morgan fingerprint density at radius 2 is 1.89 bits per heavy atom. The lowest BCUT2D eigenvalue weighted by Gasteiger charge is -2.29. The van der Waals surface area contributed by atoms with Crippen LogP contribution in [0, 0.1) is 10.5 Å². The number of rotatable bonds is 7. The van der Waals surface area contributed by atoms with E-state index in [-0.39, 0.29) is 18.6 Å². The summed E-state index contributed by atoms with van der Waals surface area (Å²) in [6.07, 6.45) is -0.506. The van der Waals surface area contributed by atoms with Gasteiger partial charge in [0.15, 0.2) is 0 Å². The maximum atomic E-state index is 11.7. The molecule has 204 valence electrons. The van der Waals surface area contributed by atoms with Crippen molar-refractivity contribution in [3.8, 4) is 0 Å². The lowest BCUT2D eigenvalue weighted by Crippen LogP contribution is -2.33. The molecule has 2 heterocycles. The minimum Gasteiger partial charge on any atom is -0.394 e. The number of hydrogen-bond donors (Lipinski definition) is 7. The molecule has 1 aromatic heterocycles. The molecule has 16 nitrogen and oxygen atoms in total. The van der Waals surface area contributed by atoms with Crippen molar-refractivity contribution in [2.75, 3.05) is 6.61 Å². The molecule has 0 unspecified atom stereocenters. The molecule has 0 amide bonds. The number of ether oxygens (including phenoxy) is 1. The first-order chi connectivity index (χ1) is 17.0.